The maximum Gasteiger partial charge on any atom is 0.335 e. The monoisotopic (exact) mass is 313 g/mol. The van der Waals surface area contributed by atoms with Crippen LogP contribution in [0.15, 0.2) is 24.3 Å². The lowest BCUT2D eigenvalue weighted by atomic mass is 10.1. The Bertz CT molecular complexity index is 698. The number of rotatable bonds is 4. The maximum absolute atomic E-state index is 12.1. The number of nitrogens with zero attached hydrogens (tertiary/aromatic N) is 3. The molecule has 0 radical (unpaired) electrons. The minimum atomic E-state index is -0.738. The van der Waals surface area contributed by atoms with Crippen LogP contribution >= 0.6 is 0 Å². The van der Waals surface area contributed by atoms with Crippen molar-refractivity contribution in [2.24, 2.45) is 0 Å². The van der Waals surface area contributed by atoms with Gasteiger partial charge in [-0.2, -0.15) is 0 Å². The number of hydrogen-bond donors (Lipinski definition) is 0. The van der Waals surface area contributed by atoms with Gasteiger partial charge < -0.3 is 0 Å². The first-order valence-corrected chi connectivity index (χ1v) is 8.05. The second kappa shape index (κ2) is 5.16. The van der Waals surface area contributed by atoms with Crippen LogP contribution in [0.2, 0.25) is 0 Å². The lowest BCUT2D eigenvalue weighted by molar-refractivity contribution is -0.143. The smallest absolute Gasteiger partial charge is 0.275 e. The van der Waals surface area contributed by atoms with Crippen molar-refractivity contribution in [1.29, 1.82) is 0 Å². The molecule has 0 unspecified atom stereocenters. The van der Waals surface area contributed by atoms with Gasteiger partial charge in [0, 0.05) is 19.1 Å². The molecule has 0 bridgehead atoms. The highest BCUT2D eigenvalue weighted by atomic mass is 16.2. The normalized spacial score (nSPS) is 24.1. The largest absolute Gasteiger partial charge is 0.335 e. The van der Waals surface area contributed by atoms with Crippen molar-refractivity contribution in [1.82, 2.24) is 14.7 Å². The topological polar surface area (TPSA) is 60.9 Å². The number of carbonyl (C=O) groups excluding carboxylic acids is 3. The molecule has 6 heteroatoms. The van der Waals surface area contributed by atoms with Crippen molar-refractivity contribution in [3.63, 3.8) is 0 Å². The number of benzene rings is 1. The number of carbonyl (C=O) groups is 3. The van der Waals surface area contributed by atoms with Gasteiger partial charge >= 0.3 is 17.8 Å². The molecule has 1 atom stereocenters. The van der Waals surface area contributed by atoms with Crippen LogP contribution in [-0.2, 0) is 16.0 Å². The van der Waals surface area contributed by atoms with Gasteiger partial charge in [-0.1, -0.05) is 24.3 Å². The van der Waals surface area contributed by atoms with Gasteiger partial charge in [-0.15, -0.1) is 0 Å². The Labute approximate surface area is 134 Å². The van der Waals surface area contributed by atoms with Gasteiger partial charge in [0.2, 0.25) is 0 Å². The molecule has 120 valence electrons. The lowest BCUT2D eigenvalue weighted by Crippen LogP contribution is -2.44. The summed E-state index contributed by atoms with van der Waals surface area (Å²) in [4.78, 5) is 40.1. The molecule has 3 aliphatic rings. The number of hydrogen-bond acceptors (Lipinski definition) is 4. The number of imide groups is 2. The van der Waals surface area contributed by atoms with E-state index in [4.69, 9.17) is 0 Å². The summed E-state index contributed by atoms with van der Waals surface area (Å²) in [6.45, 7) is 0.206. The SMILES string of the molecule is CN1C(=O)C(=O)N(CN(C2CC2)[C@H]2CCc3ccccc32)C1=O. The Morgan fingerprint density at radius 1 is 1.09 bits per heavy atom. The molecule has 2 aliphatic carbocycles. The average molecular weight is 313 g/mol. The van der Waals surface area contributed by atoms with E-state index in [0.29, 0.717) is 6.04 Å². The highest BCUT2D eigenvalue weighted by Crippen LogP contribution is 2.41. The molecule has 0 N–H and O–H groups in total. The zero-order valence-corrected chi connectivity index (χ0v) is 13.1. The Hall–Kier alpha value is -2.21. The predicted octanol–water partition coefficient (Wildman–Crippen LogP) is 1.52. The van der Waals surface area contributed by atoms with E-state index in [-0.39, 0.29) is 12.7 Å². The van der Waals surface area contributed by atoms with E-state index in [1.165, 1.54) is 18.2 Å². The molecular weight excluding hydrogens is 294 g/mol. The van der Waals surface area contributed by atoms with Crippen LogP contribution in [0, 0.1) is 0 Å². The Kier molecular flexibility index (Phi) is 3.23. The van der Waals surface area contributed by atoms with Gasteiger partial charge in [0.1, 0.15) is 0 Å². The first-order chi connectivity index (χ1) is 11.1. The van der Waals surface area contributed by atoms with Gasteiger partial charge in [-0.05, 0) is 36.8 Å². The quantitative estimate of drug-likeness (QED) is 0.624. The van der Waals surface area contributed by atoms with E-state index in [9.17, 15) is 14.4 Å². The van der Waals surface area contributed by atoms with Crippen LogP contribution in [0.4, 0.5) is 4.79 Å². The summed E-state index contributed by atoms with van der Waals surface area (Å²) >= 11 is 0. The third-order valence-electron chi connectivity index (χ3n) is 5.07. The van der Waals surface area contributed by atoms with Gasteiger partial charge in [0.05, 0.1) is 6.67 Å². The molecule has 1 aliphatic heterocycles. The fraction of sp³-hybridized carbons (Fsp3) is 0.471. The standard InChI is InChI=1S/C17H19N3O3/c1-18-15(21)16(22)20(17(18)23)10-19(12-7-8-12)14-9-6-11-4-2-3-5-13(11)14/h2-5,12,14H,6-10H2,1H3/t14-/m0/s1. The summed E-state index contributed by atoms with van der Waals surface area (Å²) in [6.07, 6.45) is 4.18. The van der Waals surface area contributed by atoms with Crippen LogP contribution in [0.5, 0.6) is 0 Å². The summed E-state index contributed by atoms with van der Waals surface area (Å²) in [6, 6.07) is 8.46. The fourth-order valence-corrected chi connectivity index (χ4v) is 3.66. The van der Waals surface area contributed by atoms with Gasteiger partial charge in [-0.3, -0.25) is 19.4 Å². The van der Waals surface area contributed by atoms with Crippen LogP contribution < -0.4 is 0 Å². The third kappa shape index (κ3) is 2.25. The van der Waals surface area contributed by atoms with Crippen LogP contribution in [0.1, 0.15) is 36.4 Å². The van der Waals surface area contributed by atoms with Gasteiger partial charge in [-0.25, -0.2) is 9.69 Å². The minimum absolute atomic E-state index is 0.206. The molecule has 23 heavy (non-hydrogen) atoms. The van der Waals surface area contributed by atoms with Crippen molar-refractivity contribution in [2.45, 2.75) is 37.8 Å². The molecule has 2 fully saturated rings. The van der Waals surface area contributed by atoms with Gasteiger partial charge in [0.25, 0.3) is 0 Å². The lowest BCUT2D eigenvalue weighted by Gasteiger charge is -2.32. The van der Waals surface area contributed by atoms with E-state index in [1.54, 1.807) is 0 Å². The van der Waals surface area contributed by atoms with Crippen molar-refractivity contribution in [3.05, 3.63) is 35.4 Å². The van der Waals surface area contributed by atoms with E-state index in [2.05, 4.69) is 17.0 Å². The molecule has 4 amide bonds. The minimum Gasteiger partial charge on any atom is -0.275 e. The van der Waals surface area contributed by atoms with Crippen LogP contribution in [0.25, 0.3) is 0 Å². The number of aryl methyl sites for hydroxylation is 1. The number of likely N-dealkylation sites (N-methyl/N-ethyl adjacent to an activating group) is 1. The Balaban J connectivity index is 1.60. The highest BCUT2D eigenvalue weighted by molar-refractivity contribution is 6.44. The zero-order chi connectivity index (χ0) is 16.1. The third-order valence-corrected chi connectivity index (χ3v) is 5.07. The summed E-state index contributed by atoms with van der Waals surface area (Å²) in [5.41, 5.74) is 2.63. The second-order valence-electron chi connectivity index (χ2n) is 6.52. The second-order valence-corrected chi connectivity index (χ2v) is 6.52. The summed E-state index contributed by atoms with van der Waals surface area (Å²) in [5, 5.41) is 0. The maximum atomic E-state index is 12.1. The van der Waals surface area contributed by atoms with Crippen molar-refractivity contribution in [2.75, 3.05) is 13.7 Å². The first kappa shape index (κ1) is 14.4. The molecule has 0 spiro atoms. The molecule has 6 nitrogen and oxygen atoms in total. The summed E-state index contributed by atoms with van der Waals surface area (Å²) < 4.78 is 0. The summed E-state index contributed by atoms with van der Waals surface area (Å²) in [5.74, 6) is -1.45. The number of amides is 4. The highest BCUT2D eigenvalue weighted by Gasteiger charge is 2.46. The van der Waals surface area contributed by atoms with E-state index >= 15 is 0 Å². The molecule has 1 saturated heterocycles. The van der Waals surface area contributed by atoms with E-state index in [0.717, 1.165) is 35.5 Å². The Morgan fingerprint density at radius 2 is 1.83 bits per heavy atom. The van der Waals surface area contributed by atoms with Crippen LogP contribution in [-0.4, -0.2) is 52.3 Å². The van der Waals surface area contributed by atoms with E-state index < -0.39 is 17.8 Å². The Morgan fingerprint density at radius 3 is 2.48 bits per heavy atom. The molecule has 1 heterocycles. The molecule has 1 aromatic rings. The van der Waals surface area contributed by atoms with E-state index in [1.807, 2.05) is 12.1 Å². The predicted molar refractivity (Wildman–Crippen MR) is 82.2 cm³/mol. The fourth-order valence-electron chi connectivity index (χ4n) is 3.66. The molecule has 1 saturated carbocycles. The average Bonchev–Trinajstić information content (AvgIpc) is 3.29. The number of urea groups is 1. The molecule has 4 rings (SSSR count). The zero-order valence-electron chi connectivity index (χ0n) is 13.1. The first-order valence-electron chi connectivity index (χ1n) is 8.05. The van der Waals surface area contributed by atoms with Crippen LogP contribution in [0.3, 0.4) is 0 Å². The van der Waals surface area contributed by atoms with Gasteiger partial charge in [0.15, 0.2) is 0 Å². The molecule has 0 aromatic heterocycles. The van der Waals surface area contributed by atoms with Crippen molar-refractivity contribution < 1.29 is 14.4 Å². The number of fused-ring (bicyclic) bond motifs is 1. The molecule has 1 aromatic carbocycles. The summed E-state index contributed by atoms with van der Waals surface area (Å²) in [7, 11) is 1.36. The molecular formula is C17H19N3O3. The van der Waals surface area contributed by atoms with Crippen molar-refractivity contribution in [3.8, 4) is 0 Å². The van der Waals surface area contributed by atoms with Crippen molar-refractivity contribution >= 4 is 17.8 Å².